The Kier molecular flexibility index (Phi) is 4.84. The summed E-state index contributed by atoms with van der Waals surface area (Å²) in [5.74, 6) is 0.764. The Labute approximate surface area is 143 Å². The number of nitrogens with two attached hydrogens (primary N) is 1. The van der Waals surface area contributed by atoms with Crippen LogP contribution in [0, 0.1) is 13.8 Å². The van der Waals surface area contributed by atoms with Gasteiger partial charge in [-0.1, -0.05) is 31.4 Å². The molecule has 0 bridgehead atoms. The number of anilines is 2. The number of nitrogens with one attached hydrogen (secondary N) is 1. The second kappa shape index (κ2) is 7.04. The number of amides is 1. The minimum atomic E-state index is -0.457. The Morgan fingerprint density at radius 3 is 2.42 bits per heavy atom. The zero-order chi connectivity index (χ0) is 17.1. The van der Waals surface area contributed by atoms with Crippen molar-refractivity contribution >= 4 is 17.4 Å². The molecule has 1 fully saturated rings. The highest BCUT2D eigenvalue weighted by atomic mass is 16.1. The van der Waals surface area contributed by atoms with Crippen molar-refractivity contribution in [3.8, 4) is 0 Å². The van der Waals surface area contributed by atoms with E-state index in [9.17, 15) is 4.79 Å². The number of nitrogens with zero attached hydrogens (tertiary/aromatic N) is 1. The molecule has 1 aliphatic rings. The van der Waals surface area contributed by atoms with Gasteiger partial charge in [-0.3, -0.25) is 4.79 Å². The second-order valence-corrected chi connectivity index (χ2v) is 6.75. The summed E-state index contributed by atoms with van der Waals surface area (Å²) in [4.78, 5) is 16.2. The molecular formula is C20H25N3O. The second-order valence-electron chi connectivity index (χ2n) is 6.75. The van der Waals surface area contributed by atoms with E-state index in [1.54, 1.807) is 0 Å². The van der Waals surface area contributed by atoms with Crippen LogP contribution in [0.15, 0.2) is 30.3 Å². The number of primary amides is 1. The van der Waals surface area contributed by atoms with E-state index >= 15 is 0 Å². The predicted molar refractivity (Wildman–Crippen MR) is 97.8 cm³/mol. The Bertz CT molecular complexity index is 731. The molecule has 1 aromatic heterocycles. The van der Waals surface area contributed by atoms with Gasteiger partial charge in [0.25, 0.3) is 5.91 Å². The Morgan fingerprint density at radius 2 is 1.79 bits per heavy atom. The third-order valence-corrected chi connectivity index (χ3v) is 4.84. The Morgan fingerprint density at radius 1 is 1.12 bits per heavy atom. The van der Waals surface area contributed by atoms with E-state index in [1.165, 1.54) is 37.7 Å². The van der Waals surface area contributed by atoms with Gasteiger partial charge in [0, 0.05) is 11.4 Å². The van der Waals surface area contributed by atoms with Gasteiger partial charge in [0.05, 0.1) is 5.56 Å². The van der Waals surface area contributed by atoms with Crippen molar-refractivity contribution in [1.29, 1.82) is 0 Å². The van der Waals surface area contributed by atoms with Crippen LogP contribution >= 0.6 is 0 Å². The molecular weight excluding hydrogens is 298 g/mol. The highest BCUT2D eigenvalue weighted by Crippen LogP contribution is 2.33. The van der Waals surface area contributed by atoms with Crippen LogP contribution < -0.4 is 11.1 Å². The van der Waals surface area contributed by atoms with Gasteiger partial charge in [0.2, 0.25) is 0 Å². The maximum absolute atomic E-state index is 11.7. The van der Waals surface area contributed by atoms with E-state index in [0.29, 0.717) is 17.3 Å². The molecule has 126 valence electrons. The molecule has 1 aliphatic carbocycles. The number of hydrogen-bond donors (Lipinski definition) is 2. The fraction of sp³-hybridized carbons (Fsp3) is 0.400. The topological polar surface area (TPSA) is 68.0 Å². The van der Waals surface area contributed by atoms with Gasteiger partial charge < -0.3 is 11.1 Å². The number of carbonyl (C=O) groups is 1. The lowest BCUT2D eigenvalue weighted by Crippen LogP contribution is -2.16. The summed E-state index contributed by atoms with van der Waals surface area (Å²) >= 11 is 0. The van der Waals surface area contributed by atoms with Crippen LogP contribution in [0.2, 0.25) is 0 Å². The third kappa shape index (κ3) is 3.58. The zero-order valence-electron chi connectivity index (χ0n) is 14.4. The third-order valence-electron chi connectivity index (χ3n) is 4.84. The molecule has 1 saturated carbocycles. The van der Waals surface area contributed by atoms with Crippen LogP contribution in [-0.4, -0.2) is 10.9 Å². The monoisotopic (exact) mass is 323 g/mol. The standard InChI is InChI=1S/C20H25N3O/c1-13-12-14(2)22-20(18(13)19(21)24)23-17-10-8-16(9-11-17)15-6-4-3-5-7-15/h8-12,15H,3-7H2,1-2H3,(H2,21,24)(H,22,23). The maximum atomic E-state index is 11.7. The van der Waals surface area contributed by atoms with Gasteiger partial charge in [-0.2, -0.15) is 0 Å². The lowest BCUT2D eigenvalue weighted by Gasteiger charge is -2.22. The SMILES string of the molecule is Cc1cc(C)c(C(N)=O)c(Nc2ccc(C3CCCCC3)cc2)n1. The number of pyridine rings is 1. The molecule has 4 nitrogen and oxygen atoms in total. The molecule has 1 amide bonds. The minimum absolute atomic E-state index is 0.456. The molecule has 1 heterocycles. The van der Waals surface area contributed by atoms with Crippen molar-refractivity contribution in [1.82, 2.24) is 4.98 Å². The van der Waals surface area contributed by atoms with Crippen molar-refractivity contribution < 1.29 is 4.79 Å². The predicted octanol–water partition coefficient (Wildman–Crippen LogP) is 4.59. The lowest BCUT2D eigenvalue weighted by molar-refractivity contribution is 0.100. The maximum Gasteiger partial charge on any atom is 0.252 e. The van der Waals surface area contributed by atoms with E-state index < -0.39 is 5.91 Å². The molecule has 3 N–H and O–H groups in total. The molecule has 0 atom stereocenters. The quantitative estimate of drug-likeness (QED) is 0.864. The fourth-order valence-corrected chi connectivity index (χ4v) is 3.65. The summed E-state index contributed by atoms with van der Waals surface area (Å²) in [6, 6.07) is 10.4. The molecule has 0 unspecified atom stereocenters. The number of benzene rings is 1. The fourth-order valence-electron chi connectivity index (χ4n) is 3.65. The summed E-state index contributed by atoms with van der Waals surface area (Å²) in [7, 11) is 0. The summed E-state index contributed by atoms with van der Waals surface area (Å²) in [6.45, 7) is 3.79. The molecule has 24 heavy (non-hydrogen) atoms. The van der Waals surface area contributed by atoms with Crippen LogP contribution in [0.25, 0.3) is 0 Å². The van der Waals surface area contributed by atoms with Crippen molar-refractivity contribution in [2.24, 2.45) is 5.73 Å². The molecule has 0 aliphatic heterocycles. The van der Waals surface area contributed by atoms with E-state index in [-0.39, 0.29) is 0 Å². The van der Waals surface area contributed by atoms with Crippen molar-refractivity contribution in [3.63, 3.8) is 0 Å². The summed E-state index contributed by atoms with van der Waals surface area (Å²) in [5.41, 5.74) is 10.0. The summed E-state index contributed by atoms with van der Waals surface area (Å²) < 4.78 is 0. The first-order chi connectivity index (χ1) is 11.5. The van der Waals surface area contributed by atoms with E-state index in [4.69, 9.17) is 5.73 Å². The van der Waals surface area contributed by atoms with Crippen molar-refractivity contribution in [2.75, 3.05) is 5.32 Å². The molecule has 0 spiro atoms. The lowest BCUT2D eigenvalue weighted by atomic mass is 9.84. The molecule has 1 aromatic carbocycles. The average Bonchev–Trinajstić information content (AvgIpc) is 2.55. The van der Waals surface area contributed by atoms with Gasteiger partial charge in [0.15, 0.2) is 0 Å². The Hall–Kier alpha value is -2.36. The number of carbonyl (C=O) groups excluding carboxylic acids is 1. The first kappa shape index (κ1) is 16.5. The first-order valence-corrected chi connectivity index (χ1v) is 8.69. The molecule has 2 aromatic rings. The van der Waals surface area contributed by atoms with Gasteiger partial charge in [0.1, 0.15) is 5.82 Å². The molecule has 0 saturated heterocycles. The highest BCUT2D eigenvalue weighted by Gasteiger charge is 2.16. The number of aryl methyl sites for hydroxylation is 2. The largest absolute Gasteiger partial charge is 0.365 e. The smallest absolute Gasteiger partial charge is 0.252 e. The molecule has 0 radical (unpaired) electrons. The van der Waals surface area contributed by atoms with Crippen LogP contribution in [-0.2, 0) is 0 Å². The number of hydrogen-bond acceptors (Lipinski definition) is 3. The zero-order valence-corrected chi connectivity index (χ0v) is 14.4. The number of aromatic nitrogens is 1. The summed E-state index contributed by atoms with van der Waals surface area (Å²) in [6.07, 6.45) is 6.61. The first-order valence-electron chi connectivity index (χ1n) is 8.69. The van der Waals surface area contributed by atoms with Gasteiger partial charge in [-0.25, -0.2) is 4.98 Å². The van der Waals surface area contributed by atoms with Crippen LogP contribution in [0.4, 0.5) is 11.5 Å². The van der Waals surface area contributed by atoms with Crippen LogP contribution in [0.5, 0.6) is 0 Å². The van der Waals surface area contributed by atoms with Gasteiger partial charge in [-0.15, -0.1) is 0 Å². The average molecular weight is 323 g/mol. The van der Waals surface area contributed by atoms with Crippen LogP contribution in [0.1, 0.15) is 65.2 Å². The minimum Gasteiger partial charge on any atom is -0.365 e. The molecule has 4 heteroatoms. The van der Waals surface area contributed by atoms with Gasteiger partial charge in [-0.05, 0) is 61.9 Å². The van der Waals surface area contributed by atoms with Crippen molar-refractivity contribution in [2.45, 2.75) is 51.9 Å². The van der Waals surface area contributed by atoms with E-state index in [0.717, 1.165) is 16.9 Å². The van der Waals surface area contributed by atoms with E-state index in [1.807, 2.05) is 19.9 Å². The normalized spacial score (nSPS) is 15.2. The van der Waals surface area contributed by atoms with Gasteiger partial charge >= 0.3 is 0 Å². The van der Waals surface area contributed by atoms with E-state index in [2.05, 4.69) is 34.6 Å². The Balaban J connectivity index is 1.82. The summed E-state index contributed by atoms with van der Waals surface area (Å²) in [5, 5.41) is 3.25. The van der Waals surface area contributed by atoms with Crippen LogP contribution in [0.3, 0.4) is 0 Å². The molecule has 3 rings (SSSR count). The number of rotatable bonds is 4. The highest BCUT2D eigenvalue weighted by molar-refractivity contribution is 5.99. The van der Waals surface area contributed by atoms with Crippen molar-refractivity contribution in [3.05, 3.63) is 52.7 Å².